The van der Waals surface area contributed by atoms with Crippen molar-refractivity contribution in [2.24, 2.45) is 5.73 Å². The predicted octanol–water partition coefficient (Wildman–Crippen LogP) is -1.55. The minimum Gasteiger partial charge on any atom is -0.376 e. The molecule has 2 amide bonds. The van der Waals surface area contributed by atoms with Crippen LogP contribution in [0.5, 0.6) is 0 Å². The van der Waals surface area contributed by atoms with Crippen LogP contribution in [0.2, 0.25) is 0 Å². The first kappa shape index (κ1) is 10.4. The van der Waals surface area contributed by atoms with E-state index in [0.29, 0.717) is 4.90 Å². The first-order chi connectivity index (χ1) is 4.87. The van der Waals surface area contributed by atoms with E-state index in [-0.39, 0.29) is 0 Å². The second-order valence-corrected chi connectivity index (χ2v) is 3.44. The van der Waals surface area contributed by atoms with Crippen LogP contribution in [0.4, 0.5) is 4.79 Å². The maximum Gasteiger partial charge on any atom is 0.344 e. The van der Waals surface area contributed by atoms with E-state index in [1.807, 2.05) is 0 Å². The van der Waals surface area contributed by atoms with Crippen LogP contribution in [-0.2, 0) is 4.57 Å². The molecule has 0 aromatic rings. The van der Waals surface area contributed by atoms with E-state index in [9.17, 15) is 9.36 Å². The highest BCUT2D eigenvalue weighted by Crippen LogP contribution is 2.34. The summed E-state index contributed by atoms with van der Waals surface area (Å²) in [7, 11) is -4.33. The smallest absolute Gasteiger partial charge is 0.344 e. The number of aliphatic hydroxyl groups excluding tert-OH is 1. The highest BCUT2D eigenvalue weighted by molar-refractivity contribution is 7.51. The van der Waals surface area contributed by atoms with Gasteiger partial charge in [0.05, 0.1) is 0 Å². The van der Waals surface area contributed by atoms with Gasteiger partial charge in [-0.05, 0) is 0 Å². The molecule has 0 aromatic heterocycles. The number of urea groups is 1. The van der Waals surface area contributed by atoms with E-state index in [2.05, 4.69) is 5.73 Å². The quantitative estimate of drug-likeness (QED) is 0.312. The van der Waals surface area contributed by atoms with Crippen molar-refractivity contribution in [2.75, 3.05) is 13.0 Å². The molecule has 0 aliphatic rings. The van der Waals surface area contributed by atoms with Crippen LogP contribution >= 0.6 is 7.60 Å². The van der Waals surface area contributed by atoms with Gasteiger partial charge in [0.1, 0.15) is 13.0 Å². The SMILES string of the molecule is NC(=O)N(CO)CP(=O)(O)O. The summed E-state index contributed by atoms with van der Waals surface area (Å²) in [4.78, 5) is 27.3. The topological polar surface area (TPSA) is 124 Å². The number of hydrogen-bond donors (Lipinski definition) is 4. The van der Waals surface area contributed by atoms with Crippen molar-refractivity contribution in [1.29, 1.82) is 0 Å². The van der Waals surface area contributed by atoms with E-state index in [1.54, 1.807) is 0 Å². The van der Waals surface area contributed by atoms with Gasteiger partial charge in [-0.3, -0.25) is 9.46 Å². The molecular weight excluding hydrogens is 175 g/mol. The largest absolute Gasteiger partial charge is 0.376 e. The lowest BCUT2D eigenvalue weighted by Gasteiger charge is -2.16. The van der Waals surface area contributed by atoms with Crippen molar-refractivity contribution in [2.45, 2.75) is 0 Å². The van der Waals surface area contributed by atoms with Crippen molar-refractivity contribution in [3.63, 3.8) is 0 Å². The lowest BCUT2D eigenvalue weighted by molar-refractivity contribution is 0.135. The Balaban J connectivity index is 4.10. The molecular formula is C3H9N2O5P. The van der Waals surface area contributed by atoms with Crippen LogP contribution in [0.3, 0.4) is 0 Å². The van der Waals surface area contributed by atoms with E-state index >= 15 is 0 Å². The zero-order chi connectivity index (χ0) is 9.07. The second-order valence-electron chi connectivity index (χ2n) is 1.83. The Kier molecular flexibility index (Phi) is 3.47. The van der Waals surface area contributed by atoms with Crippen LogP contribution in [0.1, 0.15) is 0 Å². The summed E-state index contributed by atoms with van der Waals surface area (Å²) < 4.78 is 10.2. The van der Waals surface area contributed by atoms with Gasteiger partial charge in [-0.15, -0.1) is 0 Å². The molecule has 66 valence electrons. The lowest BCUT2D eigenvalue weighted by atomic mass is 10.8. The van der Waals surface area contributed by atoms with E-state index in [1.165, 1.54) is 0 Å². The Labute approximate surface area is 62.6 Å². The molecule has 0 saturated heterocycles. The van der Waals surface area contributed by atoms with Gasteiger partial charge in [-0.25, -0.2) is 4.79 Å². The van der Waals surface area contributed by atoms with Gasteiger partial charge in [-0.2, -0.15) is 0 Å². The summed E-state index contributed by atoms with van der Waals surface area (Å²) in [6.07, 6.45) is -0.862. The van der Waals surface area contributed by atoms with Gasteiger partial charge in [-0.1, -0.05) is 0 Å². The van der Waals surface area contributed by atoms with Crippen LogP contribution in [0, 0.1) is 0 Å². The van der Waals surface area contributed by atoms with Crippen LogP contribution in [0.15, 0.2) is 0 Å². The zero-order valence-electron chi connectivity index (χ0n) is 5.54. The normalized spacial score (nSPS) is 11.2. The third-order valence-corrected chi connectivity index (χ3v) is 1.55. The number of amides is 2. The van der Waals surface area contributed by atoms with Gasteiger partial charge in [0.25, 0.3) is 0 Å². The molecule has 0 aliphatic carbocycles. The molecule has 0 radical (unpaired) electrons. The summed E-state index contributed by atoms with van der Waals surface area (Å²) in [6.45, 7) is -0.805. The van der Waals surface area contributed by atoms with Gasteiger partial charge in [0.15, 0.2) is 0 Å². The number of carbonyl (C=O) groups excluding carboxylic acids is 1. The molecule has 0 aromatic carbocycles. The van der Waals surface area contributed by atoms with E-state index in [0.717, 1.165) is 0 Å². The molecule has 0 fully saturated rings. The molecule has 0 saturated carbocycles. The summed E-state index contributed by atoms with van der Waals surface area (Å²) in [5, 5.41) is 8.34. The molecule has 0 atom stereocenters. The van der Waals surface area contributed by atoms with Crippen molar-refractivity contribution < 1.29 is 24.3 Å². The van der Waals surface area contributed by atoms with Crippen LogP contribution < -0.4 is 5.73 Å². The lowest BCUT2D eigenvalue weighted by Crippen LogP contribution is -2.37. The molecule has 5 N–H and O–H groups in total. The van der Waals surface area contributed by atoms with Crippen LogP contribution in [0.25, 0.3) is 0 Å². The molecule has 11 heavy (non-hydrogen) atoms. The number of rotatable bonds is 3. The number of carbonyl (C=O) groups is 1. The molecule has 0 aliphatic heterocycles. The molecule has 0 heterocycles. The Morgan fingerprint density at radius 2 is 2.00 bits per heavy atom. The molecule has 0 rings (SSSR count). The Bertz CT molecular complexity index is 188. The highest BCUT2D eigenvalue weighted by Gasteiger charge is 2.20. The molecule has 0 bridgehead atoms. The monoisotopic (exact) mass is 184 g/mol. The maximum absolute atomic E-state index is 10.3. The fourth-order valence-electron chi connectivity index (χ4n) is 0.406. The third kappa shape index (κ3) is 4.74. The number of primary amides is 1. The van der Waals surface area contributed by atoms with Gasteiger partial charge in [0.2, 0.25) is 0 Å². The summed E-state index contributed by atoms with van der Waals surface area (Å²) in [5.74, 6) is 0. The van der Waals surface area contributed by atoms with Crippen molar-refractivity contribution in [1.82, 2.24) is 4.90 Å². The van der Waals surface area contributed by atoms with Crippen molar-refractivity contribution >= 4 is 13.6 Å². The number of hydrogen-bond acceptors (Lipinski definition) is 3. The fraction of sp³-hybridized carbons (Fsp3) is 0.667. The van der Waals surface area contributed by atoms with E-state index < -0.39 is 26.6 Å². The maximum atomic E-state index is 10.3. The average Bonchev–Trinajstić information content (AvgIpc) is 1.80. The zero-order valence-corrected chi connectivity index (χ0v) is 6.44. The van der Waals surface area contributed by atoms with Crippen molar-refractivity contribution in [3.8, 4) is 0 Å². The van der Waals surface area contributed by atoms with E-state index in [4.69, 9.17) is 14.9 Å². The first-order valence-corrected chi connectivity index (χ1v) is 4.36. The standard InChI is InChI=1S/C3H9N2O5P/c4-3(7)5(1-6)2-11(8,9)10/h6H,1-2H2,(H2,4,7)(H2,8,9,10). The van der Waals surface area contributed by atoms with Crippen LogP contribution in [-0.4, -0.2) is 38.8 Å². The first-order valence-electron chi connectivity index (χ1n) is 2.56. The Morgan fingerprint density at radius 1 is 1.55 bits per heavy atom. The third-order valence-electron chi connectivity index (χ3n) is 0.837. The van der Waals surface area contributed by atoms with Gasteiger partial charge >= 0.3 is 13.6 Å². The number of nitrogens with zero attached hydrogens (tertiary/aromatic N) is 1. The number of nitrogens with two attached hydrogens (primary N) is 1. The highest BCUT2D eigenvalue weighted by atomic mass is 31.2. The summed E-state index contributed by atoms with van der Waals surface area (Å²) >= 11 is 0. The van der Waals surface area contributed by atoms with Gasteiger partial charge < -0.3 is 20.6 Å². The minimum atomic E-state index is -4.33. The molecule has 0 spiro atoms. The van der Waals surface area contributed by atoms with Gasteiger partial charge in [0, 0.05) is 0 Å². The number of aliphatic hydroxyl groups is 1. The second kappa shape index (κ2) is 3.68. The summed E-state index contributed by atoms with van der Waals surface area (Å²) in [6, 6.07) is -1.07. The minimum absolute atomic E-state index is 0.431. The molecule has 8 heteroatoms. The Hall–Kier alpha value is -0.620. The molecule has 0 unspecified atom stereocenters. The molecule has 7 nitrogen and oxygen atoms in total. The fourth-order valence-corrected chi connectivity index (χ4v) is 1.08. The van der Waals surface area contributed by atoms with Crippen molar-refractivity contribution in [3.05, 3.63) is 0 Å². The predicted molar refractivity (Wildman–Crippen MR) is 35.4 cm³/mol. The summed E-state index contributed by atoms with van der Waals surface area (Å²) in [5.41, 5.74) is 4.64. The Morgan fingerprint density at radius 3 is 2.09 bits per heavy atom. The average molecular weight is 184 g/mol.